The third-order valence-corrected chi connectivity index (χ3v) is 6.69. The van der Waals surface area contributed by atoms with Gasteiger partial charge in [-0.15, -0.1) is 0 Å². The molecule has 2 aromatic carbocycles. The van der Waals surface area contributed by atoms with Crippen LogP contribution in [0.2, 0.25) is 0 Å². The minimum absolute atomic E-state index is 0.0811. The van der Waals surface area contributed by atoms with Gasteiger partial charge in [-0.25, -0.2) is 0 Å². The van der Waals surface area contributed by atoms with E-state index in [2.05, 4.69) is 5.32 Å². The second-order valence-corrected chi connectivity index (χ2v) is 9.17. The van der Waals surface area contributed by atoms with Gasteiger partial charge in [0.1, 0.15) is 17.5 Å². The Morgan fingerprint density at radius 2 is 1.68 bits per heavy atom. The molecule has 1 N–H and O–H groups in total. The van der Waals surface area contributed by atoms with Gasteiger partial charge in [0.05, 0.1) is 7.11 Å². The summed E-state index contributed by atoms with van der Waals surface area (Å²) in [7, 11) is 1.62. The summed E-state index contributed by atoms with van der Waals surface area (Å²) in [6.45, 7) is 6.21. The fourth-order valence-corrected chi connectivity index (χ4v) is 4.42. The quantitative estimate of drug-likeness (QED) is 0.538. The molecule has 0 aromatic heterocycles. The summed E-state index contributed by atoms with van der Waals surface area (Å²) < 4.78 is 11.1. The number of carbonyl (C=O) groups is 2. The molecular weight excluding hydrogens is 428 g/mol. The zero-order valence-electron chi connectivity index (χ0n) is 20.9. The lowest BCUT2D eigenvalue weighted by Gasteiger charge is -2.32. The summed E-state index contributed by atoms with van der Waals surface area (Å²) in [4.78, 5) is 28.3. The average Bonchev–Trinajstić information content (AvgIpc) is 2.85. The molecule has 0 spiro atoms. The van der Waals surface area contributed by atoms with Gasteiger partial charge in [0, 0.05) is 12.6 Å². The van der Waals surface area contributed by atoms with Crippen LogP contribution in [-0.4, -0.2) is 42.5 Å². The SMILES string of the molecule is CC[C@H](C(=O)NC1CCCCC1)N(Cc1ccc(OC)cc1)C(=O)COc1ccc(C)c(C)c1. The number of rotatable bonds is 10. The molecular formula is C28H38N2O4. The van der Waals surface area contributed by atoms with E-state index < -0.39 is 6.04 Å². The molecule has 0 radical (unpaired) electrons. The minimum atomic E-state index is -0.556. The van der Waals surface area contributed by atoms with E-state index in [9.17, 15) is 9.59 Å². The van der Waals surface area contributed by atoms with Crippen molar-refractivity contribution < 1.29 is 19.1 Å². The van der Waals surface area contributed by atoms with Gasteiger partial charge in [0.2, 0.25) is 5.91 Å². The van der Waals surface area contributed by atoms with E-state index in [1.165, 1.54) is 12.0 Å². The predicted octanol–water partition coefficient (Wildman–Crippen LogP) is 4.95. The summed E-state index contributed by atoms with van der Waals surface area (Å²) in [6, 6.07) is 13.0. The molecule has 6 nitrogen and oxygen atoms in total. The fourth-order valence-electron chi connectivity index (χ4n) is 4.42. The van der Waals surface area contributed by atoms with Gasteiger partial charge in [0.25, 0.3) is 5.91 Å². The van der Waals surface area contributed by atoms with Gasteiger partial charge >= 0.3 is 0 Å². The van der Waals surface area contributed by atoms with E-state index >= 15 is 0 Å². The maximum absolute atomic E-state index is 13.4. The van der Waals surface area contributed by atoms with Gasteiger partial charge in [-0.1, -0.05) is 44.4 Å². The van der Waals surface area contributed by atoms with Gasteiger partial charge < -0.3 is 19.7 Å². The number of amides is 2. The second kappa shape index (κ2) is 12.4. The highest BCUT2D eigenvalue weighted by Gasteiger charge is 2.30. The maximum atomic E-state index is 13.4. The van der Waals surface area contributed by atoms with E-state index in [0.29, 0.717) is 18.7 Å². The predicted molar refractivity (Wildman–Crippen MR) is 134 cm³/mol. The Kier molecular flexibility index (Phi) is 9.37. The van der Waals surface area contributed by atoms with E-state index in [1.54, 1.807) is 12.0 Å². The first-order chi connectivity index (χ1) is 16.4. The van der Waals surface area contributed by atoms with Crippen molar-refractivity contribution in [3.63, 3.8) is 0 Å². The monoisotopic (exact) mass is 466 g/mol. The Bertz CT molecular complexity index is 951. The zero-order valence-corrected chi connectivity index (χ0v) is 20.9. The van der Waals surface area contributed by atoms with Crippen LogP contribution in [0.4, 0.5) is 0 Å². The summed E-state index contributed by atoms with van der Waals surface area (Å²) in [5.74, 6) is 1.12. The van der Waals surface area contributed by atoms with Crippen LogP contribution in [0.3, 0.4) is 0 Å². The molecule has 1 aliphatic carbocycles. The van der Waals surface area contributed by atoms with Crippen molar-refractivity contribution in [2.24, 2.45) is 0 Å². The van der Waals surface area contributed by atoms with Crippen LogP contribution < -0.4 is 14.8 Å². The number of nitrogens with one attached hydrogen (secondary N) is 1. The lowest BCUT2D eigenvalue weighted by molar-refractivity contribution is -0.143. The molecule has 1 aliphatic rings. The highest BCUT2D eigenvalue weighted by molar-refractivity contribution is 5.88. The summed E-state index contributed by atoms with van der Waals surface area (Å²) in [5, 5.41) is 3.20. The first-order valence-electron chi connectivity index (χ1n) is 12.3. The molecule has 34 heavy (non-hydrogen) atoms. The number of carbonyl (C=O) groups excluding carboxylic acids is 2. The Morgan fingerprint density at radius 3 is 2.29 bits per heavy atom. The number of ether oxygens (including phenoxy) is 2. The lowest BCUT2D eigenvalue weighted by atomic mass is 9.95. The Labute approximate surface area is 203 Å². The Balaban J connectivity index is 1.76. The molecule has 0 heterocycles. The van der Waals surface area contributed by atoms with Gasteiger partial charge in [-0.2, -0.15) is 0 Å². The average molecular weight is 467 g/mol. The van der Waals surface area contributed by atoms with Gasteiger partial charge in [-0.3, -0.25) is 9.59 Å². The normalized spacial score (nSPS) is 14.8. The first kappa shape index (κ1) is 25.6. The molecule has 1 atom stereocenters. The number of methoxy groups -OCH3 is 1. The molecule has 2 aromatic rings. The van der Waals surface area contributed by atoms with Crippen LogP contribution in [-0.2, 0) is 16.1 Å². The Hall–Kier alpha value is -3.02. The summed E-state index contributed by atoms with van der Waals surface area (Å²) >= 11 is 0. The van der Waals surface area contributed by atoms with Crippen molar-refractivity contribution in [3.05, 3.63) is 59.2 Å². The smallest absolute Gasteiger partial charge is 0.261 e. The van der Waals surface area contributed by atoms with Crippen LogP contribution in [0.25, 0.3) is 0 Å². The molecule has 2 amide bonds. The van der Waals surface area contributed by atoms with E-state index in [0.717, 1.165) is 42.6 Å². The van der Waals surface area contributed by atoms with E-state index in [4.69, 9.17) is 9.47 Å². The highest BCUT2D eigenvalue weighted by atomic mass is 16.5. The third-order valence-electron chi connectivity index (χ3n) is 6.69. The molecule has 0 saturated heterocycles. The highest BCUT2D eigenvalue weighted by Crippen LogP contribution is 2.21. The van der Waals surface area contributed by atoms with Crippen LogP contribution in [0.1, 0.15) is 62.1 Å². The third kappa shape index (κ3) is 6.99. The molecule has 184 valence electrons. The fraction of sp³-hybridized carbons (Fsp3) is 0.500. The van der Waals surface area contributed by atoms with Crippen molar-refractivity contribution in [2.75, 3.05) is 13.7 Å². The molecule has 1 fully saturated rings. The Morgan fingerprint density at radius 1 is 1.00 bits per heavy atom. The zero-order chi connectivity index (χ0) is 24.5. The van der Waals surface area contributed by atoms with E-state index in [-0.39, 0.29) is 24.5 Å². The number of hydrogen-bond acceptors (Lipinski definition) is 4. The maximum Gasteiger partial charge on any atom is 0.261 e. The molecule has 3 rings (SSSR count). The largest absolute Gasteiger partial charge is 0.497 e. The number of benzene rings is 2. The number of hydrogen-bond donors (Lipinski definition) is 1. The molecule has 1 saturated carbocycles. The topological polar surface area (TPSA) is 67.9 Å². The molecule has 0 bridgehead atoms. The van der Waals surface area contributed by atoms with Gasteiger partial charge in [0.15, 0.2) is 6.61 Å². The lowest BCUT2D eigenvalue weighted by Crippen LogP contribution is -2.52. The van der Waals surface area contributed by atoms with Crippen molar-refractivity contribution >= 4 is 11.8 Å². The van der Waals surface area contributed by atoms with Crippen LogP contribution in [0.15, 0.2) is 42.5 Å². The van der Waals surface area contributed by atoms with Crippen LogP contribution >= 0.6 is 0 Å². The molecule has 0 aliphatic heterocycles. The number of aryl methyl sites for hydroxylation is 2. The van der Waals surface area contributed by atoms with Crippen LogP contribution in [0.5, 0.6) is 11.5 Å². The number of nitrogens with zero attached hydrogens (tertiary/aromatic N) is 1. The van der Waals surface area contributed by atoms with Crippen molar-refractivity contribution in [1.82, 2.24) is 10.2 Å². The standard InChI is InChI=1S/C28H38N2O4/c1-5-26(28(32)29-23-9-7-6-8-10-23)30(18-22-12-15-24(33-4)16-13-22)27(31)19-34-25-14-11-20(2)21(3)17-25/h11-17,23,26H,5-10,18-19H2,1-4H3,(H,29,32)/t26-/m1/s1. The van der Waals surface area contributed by atoms with Gasteiger partial charge in [-0.05, 0) is 74.1 Å². The first-order valence-corrected chi connectivity index (χ1v) is 12.3. The van der Waals surface area contributed by atoms with E-state index in [1.807, 2.05) is 63.2 Å². The second-order valence-electron chi connectivity index (χ2n) is 9.17. The molecule has 0 unspecified atom stereocenters. The van der Waals surface area contributed by atoms with Crippen molar-refractivity contribution in [3.8, 4) is 11.5 Å². The minimum Gasteiger partial charge on any atom is -0.497 e. The van der Waals surface area contributed by atoms with Crippen LogP contribution in [0, 0.1) is 13.8 Å². The summed E-state index contributed by atoms with van der Waals surface area (Å²) in [6.07, 6.45) is 6.04. The van der Waals surface area contributed by atoms with Crippen molar-refractivity contribution in [2.45, 2.75) is 77.9 Å². The molecule has 6 heteroatoms. The summed E-state index contributed by atoms with van der Waals surface area (Å²) in [5.41, 5.74) is 3.22. The van der Waals surface area contributed by atoms with Crippen molar-refractivity contribution in [1.29, 1.82) is 0 Å².